The Morgan fingerprint density at radius 1 is 1.29 bits per heavy atom. The van der Waals surface area contributed by atoms with Crippen molar-refractivity contribution in [3.63, 3.8) is 0 Å². The van der Waals surface area contributed by atoms with E-state index in [0.717, 1.165) is 60.8 Å². The second-order valence-electron chi connectivity index (χ2n) is 8.10. The third-order valence-corrected chi connectivity index (χ3v) is 6.93. The van der Waals surface area contributed by atoms with E-state index in [1.807, 2.05) is 36.7 Å². The molecule has 1 fully saturated rings. The van der Waals surface area contributed by atoms with E-state index in [9.17, 15) is 10.1 Å². The minimum absolute atomic E-state index is 0. The summed E-state index contributed by atoms with van der Waals surface area (Å²) in [5, 5.41) is 12.3. The fourth-order valence-corrected chi connectivity index (χ4v) is 5.28. The first-order valence-electron chi connectivity index (χ1n) is 10.3. The second kappa shape index (κ2) is 8.83. The highest BCUT2D eigenvalue weighted by Crippen LogP contribution is 2.23. The van der Waals surface area contributed by atoms with E-state index in [-0.39, 0.29) is 18.0 Å². The van der Waals surface area contributed by atoms with Gasteiger partial charge in [-0.3, -0.25) is 9.20 Å². The van der Waals surface area contributed by atoms with Crippen LogP contribution in [0.3, 0.4) is 0 Å². The molecule has 1 saturated heterocycles. The maximum Gasteiger partial charge on any atom is 0.261 e. The van der Waals surface area contributed by atoms with Crippen molar-refractivity contribution in [1.29, 1.82) is 5.26 Å². The Kier molecular flexibility index (Phi) is 6.15. The summed E-state index contributed by atoms with van der Waals surface area (Å²) >= 11 is 1.49. The van der Waals surface area contributed by atoms with Gasteiger partial charge in [-0.25, -0.2) is 4.98 Å². The summed E-state index contributed by atoms with van der Waals surface area (Å²) < 4.78 is 3.93. The summed E-state index contributed by atoms with van der Waals surface area (Å²) in [4.78, 5) is 20.6. The molecule has 1 aliphatic rings. The Bertz CT molecular complexity index is 1330. The summed E-state index contributed by atoms with van der Waals surface area (Å²) in [5.74, 6) is 0.575. The number of nitriles is 1. The quantitative estimate of drug-likeness (QED) is 0.460. The number of thiazole rings is 1. The van der Waals surface area contributed by atoms with E-state index in [1.54, 1.807) is 4.40 Å². The summed E-state index contributed by atoms with van der Waals surface area (Å²) in [6.45, 7) is 5.87. The number of halogens is 1. The molecular weight excluding hydrogens is 430 g/mol. The fraction of sp³-hybridized carbons (Fsp3) is 0.348. The molecule has 0 bridgehead atoms. The molecule has 6 nitrogen and oxygen atoms in total. The van der Waals surface area contributed by atoms with Crippen LogP contribution < -0.4 is 5.56 Å². The highest BCUT2D eigenvalue weighted by atomic mass is 35.5. The third kappa shape index (κ3) is 4.11. The second-order valence-corrected chi connectivity index (χ2v) is 8.97. The summed E-state index contributed by atoms with van der Waals surface area (Å²) in [6.07, 6.45) is 5.82. The van der Waals surface area contributed by atoms with E-state index in [4.69, 9.17) is 0 Å². The molecule has 1 aromatic carbocycles. The monoisotopic (exact) mass is 453 g/mol. The Hall–Kier alpha value is -2.66. The Balaban J connectivity index is 0.00000231. The first-order chi connectivity index (χ1) is 14.6. The van der Waals surface area contributed by atoms with Crippen LogP contribution in [0.4, 0.5) is 0 Å². The van der Waals surface area contributed by atoms with Crippen LogP contribution in [0.2, 0.25) is 0 Å². The highest BCUT2D eigenvalue weighted by Gasteiger charge is 2.23. The highest BCUT2D eigenvalue weighted by molar-refractivity contribution is 7.15. The zero-order chi connectivity index (χ0) is 20.7. The van der Waals surface area contributed by atoms with E-state index in [2.05, 4.69) is 32.8 Å². The minimum atomic E-state index is 0. The van der Waals surface area contributed by atoms with Gasteiger partial charge in [0.1, 0.15) is 0 Å². The van der Waals surface area contributed by atoms with Gasteiger partial charge in [0.2, 0.25) is 0 Å². The molecule has 0 aliphatic carbocycles. The smallest absolute Gasteiger partial charge is 0.261 e. The van der Waals surface area contributed by atoms with Crippen molar-refractivity contribution in [2.24, 2.45) is 5.92 Å². The van der Waals surface area contributed by atoms with Gasteiger partial charge in [-0.1, -0.05) is 6.07 Å². The lowest BCUT2D eigenvalue weighted by Crippen LogP contribution is -2.28. The number of rotatable bonds is 5. The number of hydrogen-bond donors (Lipinski definition) is 0. The predicted molar refractivity (Wildman–Crippen MR) is 126 cm³/mol. The van der Waals surface area contributed by atoms with Crippen LogP contribution in [-0.2, 0) is 13.0 Å². The Morgan fingerprint density at radius 2 is 2.16 bits per heavy atom. The molecule has 1 unspecified atom stereocenters. The van der Waals surface area contributed by atoms with Gasteiger partial charge >= 0.3 is 0 Å². The van der Waals surface area contributed by atoms with E-state index in [0.29, 0.717) is 11.5 Å². The van der Waals surface area contributed by atoms with Crippen molar-refractivity contribution >= 4 is 39.6 Å². The summed E-state index contributed by atoms with van der Waals surface area (Å²) in [5.41, 5.74) is 3.58. The van der Waals surface area contributed by atoms with Crippen molar-refractivity contribution < 1.29 is 0 Å². The van der Waals surface area contributed by atoms with E-state index >= 15 is 0 Å². The fourth-order valence-electron chi connectivity index (χ4n) is 4.53. The molecule has 0 amide bonds. The van der Waals surface area contributed by atoms with Crippen molar-refractivity contribution in [3.8, 4) is 6.07 Å². The summed E-state index contributed by atoms with van der Waals surface area (Å²) in [7, 11) is 0. The lowest BCUT2D eigenvalue weighted by molar-refractivity contribution is 0.320. The van der Waals surface area contributed by atoms with Crippen LogP contribution in [0.5, 0.6) is 0 Å². The molecular formula is C23H24ClN5OS. The molecule has 3 aromatic heterocycles. The SMILES string of the molecule is Cc1nc2sccn2c(=O)c1CCN1CCC(Cn2ccc3ccc(C#N)cc32)C1.Cl. The standard InChI is InChI=1S/C23H23N5OS.ClH/c1-16-20(22(29)28-10-11-30-23(28)25-16)6-8-26-7-4-18(14-26)15-27-9-5-19-3-2-17(13-24)12-21(19)27;/h2-3,5,9-12,18H,4,6-8,14-15H2,1H3;1H. The summed E-state index contributed by atoms with van der Waals surface area (Å²) in [6, 6.07) is 10.2. The predicted octanol–water partition coefficient (Wildman–Crippen LogP) is 3.88. The molecule has 0 spiro atoms. The maximum atomic E-state index is 12.8. The maximum absolute atomic E-state index is 12.8. The molecule has 31 heavy (non-hydrogen) atoms. The van der Waals surface area contributed by atoms with Crippen LogP contribution in [0.25, 0.3) is 15.9 Å². The number of aryl methyl sites for hydroxylation is 1. The average Bonchev–Trinajstić information content (AvgIpc) is 3.48. The van der Waals surface area contributed by atoms with Crippen LogP contribution in [0, 0.1) is 24.2 Å². The van der Waals surface area contributed by atoms with Crippen LogP contribution in [0.1, 0.15) is 23.2 Å². The zero-order valence-electron chi connectivity index (χ0n) is 17.3. The molecule has 0 saturated carbocycles. The number of benzene rings is 1. The van der Waals surface area contributed by atoms with Crippen molar-refractivity contribution in [3.05, 3.63) is 69.2 Å². The van der Waals surface area contributed by atoms with E-state index < -0.39 is 0 Å². The van der Waals surface area contributed by atoms with Crippen LogP contribution in [-0.4, -0.2) is 38.5 Å². The molecule has 4 heterocycles. The number of fused-ring (bicyclic) bond motifs is 2. The molecule has 1 aliphatic heterocycles. The van der Waals surface area contributed by atoms with Gasteiger partial charge in [-0.15, -0.1) is 23.7 Å². The van der Waals surface area contributed by atoms with Crippen LogP contribution >= 0.6 is 23.7 Å². The molecule has 5 rings (SSSR count). The van der Waals surface area contributed by atoms with E-state index in [1.165, 1.54) is 16.7 Å². The number of likely N-dealkylation sites (tertiary alicyclic amines) is 1. The first-order valence-corrected chi connectivity index (χ1v) is 11.2. The van der Waals surface area contributed by atoms with Gasteiger partial charge in [-0.05, 0) is 55.8 Å². The Labute approximate surface area is 190 Å². The van der Waals surface area contributed by atoms with Gasteiger partial charge < -0.3 is 9.47 Å². The van der Waals surface area contributed by atoms with Crippen LogP contribution in [0.15, 0.2) is 46.8 Å². The minimum Gasteiger partial charge on any atom is -0.347 e. The van der Waals surface area contributed by atoms with Crippen molar-refractivity contribution in [2.75, 3.05) is 19.6 Å². The normalized spacial score (nSPS) is 16.6. The van der Waals surface area contributed by atoms with Gasteiger partial charge in [-0.2, -0.15) is 5.26 Å². The zero-order valence-corrected chi connectivity index (χ0v) is 19.0. The van der Waals surface area contributed by atoms with Crippen molar-refractivity contribution in [2.45, 2.75) is 26.3 Å². The molecule has 160 valence electrons. The van der Waals surface area contributed by atoms with Gasteiger partial charge in [0.25, 0.3) is 5.56 Å². The van der Waals surface area contributed by atoms with Gasteiger partial charge in [0.05, 0.1) is 11.6 Å². The molecule has 1 atom stereocenters. The Morgan fingerprint density at radius 3 is 3.00 bits per heavy atom. The molecule has 0 N–H and O–H groups in total. The number of hydrogen-bond acceptors (Lipinski definition) is 5. The third-order valence-electron chi connectivity index (χ3n) is 6.17. The number of aromatic nitrogens is 3. The molecule has 4 aromatic rings. The molecule has 8 heteroatoms. The van der Waals surface area contributed by atoms with Gasteiger partial charge in [0.15, 0.2) is 4.96 Å². The lowest BCUT2D eigenvalue weighted by atomic mass is 10.1. The van der Waals surface area contributed by atoms with Crippen molar-refractivity contribution in [1.82, 2.24) is 18.9 Å². The number of nitrogens with zero attached hydrogens (tertiary/aromatic N) is 5. The molecule has 0 radical (unpaired) electrons. The topological polar surface area (TPSA) is 66.3 Å². The average molecular weight is 454 g/mol. The van der Waals surface area contributed by atoms with Gasteiger partial charge in [0, 0.05) is 54.2 Å². The lowest BCUT2D eigenvalue weighted by Gasteiger charge is -2.17. The first kappa shape index (κ1) is 21.6. The largest absolute Gasteiger partial charge is 0.347 e.